The number of nitrogens with one attached hydrogen (secondary N) is 1. The lowest BCUT2D eigenvalue weighted by Crippen LogP contribution is -2.45. The first kappa shape index (κ1) is 11.6. The quantitative estimate of drug-likeness (QED) is 0.792. The summed E-state index contributed by atoms with van der Waals surface area (Å²) < 4.78 is 5.89. The average Bonchev–Trinajstić information content (AvgIpc) is 3.07. The van der Waals surface area contributed by atoms with Gasteiger partial charge in [0.1, 0.15) is 0 Å². The van der Waals surface area contributed by atoms with Crippen LogP contribution in [0.2, 0.25) is 0 Å². The van der Waals surface area contributed by atoms with E-state index in [4.69, 9.17) is 9.73 Å². The molecule has 1 aliphatic carbocycles. The number of ether oxygens (including phenoxy) is 1. The fraction of sp³-hybridized carbons (Fsp3) is 0.929. The van der Waals surface area contributed by atoms with Crippen molar-refractivity contribution in [2.24, 2.45) is 4.99 Å². The molecule has 1 N–H and O–H groups in total. The van der Waals surface area contributed by atoms with Crippen molar-refractivity contribution in [1.82, 2.24) is 5.32 Å². The zero-order valence-corrected chi connectivity index (χ0v) is 11.7. The summed E-state index contributed by atoms with van der Waals surface area (Å²) in [5.74, 6) is 1.23. The summed E-state index contributed by atoms with van der Waals surface area (Å²) in [4.78, 5) is 4.95. The molecule has 1 spiro atoms. The summed E-state index contributed by atoms with van der Waals surface area (Å²) >= 11 is 1.95. The predicted molar refractivity (Wildman–Crippen MR) is 75.1 cm³/mol. The van der Waals surface area contributed by atoms with Crippen molar-refractivity contribution in [1.29, 1.82) is 0 Å². The van der Waals surface area contributed by atoms with Gasteiger partial charge in [-0.1, -0.05) is 31.0 Å². The molecule has 4 aliphatic rings. The van der Waals surface area contributed by atoms with Crippen LogP contribution in [-0.4, -0.2) is 34.7 Å². The maximum absolute atomic E-state index is 5.89. The van der Waals surface area contributed by atoms with Crippen LogP contribution in [0.25, 0.3) is 0 Å². The summed E-state index contributed by atoms with van der Waals surface area (Å²) in [7, 11) is 0. The second-order valence-electron chi connectivity index (χ2n) is 6.37. The van der Waals surface area contributed by atoms with E-state index in [2.05, 4.69) is 5.32 Å². The molecule has 100 valence electrons. The molecule has 4 fully saturated rings. The van der Waals surface area contributed by atoms with Crippen molar-refractivity contribution in [2.75, 3.05) is 5.75 Å². The summed E-state index contributed by atoms with van der Waals surface area (Å²) in [5, 5.41) is 4.96. The Balaban J connectivity index is 1.44. The van der Waals surface area contributed by atoms with E-state index in [1.54, 1.807) is 0 Å². The topological polar surface area (TPSA) is 33.6 Å². The number of thioether (sulfide) groups is 1. The van der Waals surface area contributed by atoms with Gasteiger partial charge < -0.3 is 10.1 Å². The van der Waals surface area contributed by atoms with Gasteiger partial charge in [-0.05, 0) is 32.1 Å². The highest BCUT2D eigenvalue weighted by molar-refractivity contribution is 8.14. The van der Waals surface area contributed by atoms with E-state index < -0.39 is 0 Å². The van der Waals surface area contributed by atoms with Crippen LogP contribution >= 0.6 is 11.8 Å². The largest absolute Gasteiger partial charge is 0.373 e. The van der Waals surface area contributed by atoms with Crippen molar-refractivity contribution in [3.63, 3.8) is 0 Å². The summed E-state index contributed by atoms with van der Waals surface area (Å²) in [6.07, 6.45) is 11.4. The van der Waals surface area contributed by atoms with Crippen molar-refractivity contribution in [2.45, 2.75) is 75.2 Å². The number of fused-ring (bicyclic) bond motifs is 2. The summed E-state index contributed by atoms with van der Waals surface area (Å²) in [6, 6.07) is 0.442. The first-order valence-electron chi connectivity index (χ1n) is 7.47. The Morgan fingerprint density at radius 3 is 2.83 bits per heavy atom. The van der Waals surface area contributed by atoms with E-state index in [1.165, 1.54) is 55.9 Å². The molecule has 3 unspecified atom stereocenters. The number of amidine groups is 1. The molecule has 18 heavy (non-hydrogen) atoms. The lowest BCUT2D eigenvalue weighted by molar-refractivity contribution is 0.101. The maximum Gasteiger partial charge on any atom is 0.157 e. The highest BCUT2D eigenvalue weighted by atomic mass is 32.2. The summed E-state index contributed by atoms with van der Waals surface area (Å²) in [6.45, 7) is 0. The van der Waals surface area contributed by atoms with Crippen LogP contribution in [0.3, 0.4) is 0 Å². The molecule has 0 aromatic heterocycles. The first-order chi connectivity index (χ1) is 8.83. The van der Waals surface area contributed by atoms with Crippen molar-refractivity contribution in [3.05, 3.63) is 0 Å². The van der Waals surface area contributed by atoms with Gasteiger partial charge in [0.25, 0.3) is 0 Å². The molecule has 3 nitrogen and oxygen atoms in total. The second kappa shape index (κ2) is 4.41. The molecular weight excluding hydrogens is 244 g/mol. The van der Waals surface area contributed by atoms with Gasteiger partial charge in [-0.15, -0.1) is 0 Å². The third-order valence-electron chi connectivity index (χ3n) is 5.02. The predicted octanol–water partition coefficient (Wildman–Crippen LogP) is 2.70. The highest BCUT2D eigenvalue weighted by Gasteiger charge is 2.43. The Kier molecular flexibility index (Phi) is 2.84. The van der Waals surface area contributed by atoms with Crippen LogP contribution in [0.5, 0.6) is 0 Å². The Hall–Kier alpha value is -0.220. The molecule has 3 heterocycles. The van der Waals surface area contributed by atoms with Crippen molar-refractivity contribution in [3.8, 4) is 0 Å². The molecule has 0 radical (unpaired) electrons. The minimum Gasteiger partial charge on any atom is -0.373 e. The molecule has 3 atom stereocenters. The minimum absolute atomic E-state index is 0.389. The van der Waals surface area contributed by atoms with Crippen molar-refractivity contribution >= 4 is 16.9 Å². The minimum atomic E-state index is 0.389. The average molecular weight is 266 g/mol. The number of hydrogen-bond donors (Lipinski definition) is 1. The number of nitrogens with zero attached hydrogens (tertiary/aromatic N) is 1. The zero-order chi connectivity index (χ0) is 12.0. The van der Waals surface area contributed by atoms with E-state index in [0.717, 1.165) is 6.42 Å². The Bertz CT molecular complexity index is 365. The highest BCUT2D eigenvalue weighted by Crippen LogP contribution is 2.39. The molecule has 0 aromatic carbocycles. The zero-order valence-electron chi connectivity index (χ0n) is 10.9. The van der Waals surface area contributed by atoms with Crippen LogP contribution in [0.4, 0.5) is 0 Å². The molecule has 0 amide bonds. The molecule has 3 saturated heterocycles. The first-order valence-corrected chi connectivity index (χ1v) is 8.46. The smallest absolute Gasteiger partial charge is 0.157 e. The van der Waals surface area contributed by atoms with Gasteiger partial charge in [0.2, 0.25) is 0 Å². The standard InChI is InChI=1S/C14H22N2OS/c1-2-6-14(7-3-1)9-18-13(16-14)15-11-8-10-4-5-12(11)17-10/h10-12H,1-9H2,(H,15,16). The van der Waals surface area contributed by atoms with Gasteiger partial charge in [0.05, 0.1) is 18.2 Å². The molecular formula is C14H22N2OS. The van der Waals surface area contributed by atoms with Gasteiger partial charge >= 0.3 is 0 Å². The molecule has 4 rings (SSSR count). The van der Waals surface area contributed by atoms with Crippen LogP contribution in [0, 0.1) is 0 Å². The third-order valence-corrected chi connectivity index (χ3v) is 6.20. The fourth-order valence-electron chi connectivity index (χ4n) is 3.97. The summed E-state index contributed by atoms with van der Waals surface area (Å²) in [5.41, 5.74) is 0.389. The SMILES string of the molecule is C1CCC2(CC1)CSC(=NC1CC3CCC1O3)N2. The van der Waals surface area contributed by atoms with Crippen LogP contribution in [-0.2, 0) is 4.74 Å². The number of aliphatic imine (C=N–C) groups is 1. The van der Waals surface area contributed by atoms with Crippen molar-refractivity contribution < 1.29 is 4.74 Å². The Morgan fingerprint density at radius 2 is 2.11 bits per heavy atom. The monoisotopic (exact) mass is 266 g/mol. The maximum atomic E-state index is 5.89. The van der Waals surface area contributed by atoms with Gasteiger partial charge in [-0.2, -0.15) is 0 Å². The molecule has 0 aromatic rings. The van der Waals surface area contributed by atoms with E-state index in [-0.39, 0.29) is 0 Å². The van der Waals surface area contributed by atoms with Gasteiger partial charge in [0, 0.05) is 11.3 Å². The Morgan fingerprint density at radius 1 is 1.22 bits per heavy atom. The van der Waals surface area contributed by atoms with E-state index in [0.29, 0.717) is 23.8 Å². The van der Waals surface area contributed by atoms with E-state index in [1.807, 2.05) is 11.8 Å². The Labute approximate surface area is 113 Å². The normalized spacial score (nSPS) is 43.8. The molecule has 1 saturated carbocycles. The van der Waals surface area contributed by atoms with Gasteiger partial charge in [0.15, 0.2) is 5.17 Å². The number of rotatable bonds is 1. The lowest BCUT2D eigenvalue weighted by Gasteiger charge is -2.32. The van der Waals surface area contributed by atoms with Gasteiger partial charge in [-0.25, -0.2) is 0 Å². The number of hydrogen-bond acceptors (Lipinski definition) is 3. The van der Waals surface area contributed by atoms with Gasteiger partial charge in [-0.3, -0.25) is 4.99 Å². The molecule has 2 bridgehead atoms. The van der Waals surface area contributed by atoms with E-state index >= 15 is 0 Å². The molecule has 4 heteroatoms. The molecule has 3 aliphatic heterocycles. The van der Waals surface area contributed by atoms with Crippen LogP contribution in [0.15, 0.2) is 4.99 Å². The third kappa shape index (κ3) is 1.97. The van der Waals surface area contributed by atoms with Crippen LogP contribution in [0.1, 0.15) is 51.4 Å². The fourth-order valence-corrected chi connectivity index (χ4v) is 5.24. The lowest BCUT2D eigenvalue weighted by atomic mass is 9.83. The second-order valence-corrected chi connectivity index (χ2v) is 7.33. The van der Waals surface area contributed by atoms with E-state index in [9.17, 15) is 0 Å². The van der Waals surface area contributed by atoms with Crippen LogP contribution < -0.4 is 5.32 Å².